The van der Waals surface area contributed by atoms with E-state index in [0.29, 0.717) is 6.42 Å². The fourth-order valence-corrected chi connectivity index (χ4v) is 5.30. The third-order valence-corrected chi connectivity index (χ3v) is 7.06. The lowest BCUT2D eigenvalue weighted by atomic mass is 9.98. The molecule has 1 saturated heterocycles. The standard InChI is InChI=1S/C28H28N4OS/c33-27(29-24(23-15-8-3-9-16-23)19-21-11-4-1-5-12-21)25-17-10-18-32(25)28-30-26(31-34-28)20-22-13-6-2-7-14-22/h1-9,11-16,24-25H,10,17-20H2,(H,29,33). The van der Waals surface area contributed by atoms with Crippen molar-refractivity contribution in [2.24, 2.45) is 0 Å². The highest BCUT2D eigenvalue weighted by Gasteiger charge is 2.34. The normalized spacial score (nSPS) is 16.4. The average Bonchev–Trinajstić information content (AvgIpc) is 3.55. The first-order chi connectivity index (χ1) is 16.8. The van der Waals surface area contributed by atoms with E-state index >= 15 is 0 Å². The van der Waals surface area contributed by atoms with Crippen molar-refractivity contribution in [2.45, 2.75) is 37.8 Å². The van der Waals surface area contributed by atoms with Gasteiger partial charge in [0.2, 0.25) is 11.0 Å². The molecule has 3 aromatic carbocycles. The topological polar surface area (TPSA) is 58.1 Å². The van der Waals surface area contributed by atoms with Crippen molar-refractivity contribution in [1.82, 2.24) is 14.7 Å². The Hall–Kier alpha value is -3.51. The lowest BCUT2D eigenvalue weighted by Gasteiger charge is -2.26. The summed E-state index contributed by atoms with van der Waals surface area (Å²) in [7, 11) is 0. The zero-order valence-corrected chi connectivity index (χ0v) is 19.8. The number of nitrogens with zero attached hydrogens (tertiary/aromatic N) is 3. The quantitative estimate of drug-likeness (QED) is 0.386. The number of carbonyl (C=O) groups excluding carboxylic acids is 1. The van der Waals surface area contributed by atoms with Crippen LogP contribution in [-0.2, 0) is 17.6 Å². The molecule has 4 aromatic rings. The molecule has 34 heavy (non-hydrogen) atoms. The molecule has 2 atom stereocenters. The molecule has 2 unspecified atom stereocenters. The Morgan fingerprint density at radius 2 is 1.59 bits per heavy atom. The zero-order valence-electron chi connectivity index (χ0n) is 19.0. The Bertz CT molecular complexity index is 1200. The maximum absolute atomic E-state index is 13.5. The zero-order chi connectivity index (χ0) is 23.2. The summed E-state index contributed by atoms with van der Waals surface area (Å²) >= 11 is 1.39. The summed E-state index contributed by atoms with van der Waals surface area (Å²) < 4.78 is 4.57. The van der Waals surface area contributed by atoms with Gasteiger partial charge in [0, 0.05) is 24.5 Å². The first-order valence-electron chi connectivity index (χ1n) is 11.8. The second kappa shape index (κ2) is 10.6. The predicted octanol–water partition coefficient (Wildman–Crippen LogP) is 5.20. The minimum Gasteiger partial charge on any atom is -0.347 e. The molecule has 0 radical (unpaired) electrons. The Morgan fingerprint density at radius 3 is 2.29 bits per heavy atom. The van der Waals surface area contributed by atoms with E-state index in [1.54, 1.807) is 0 Å². The summed E-state index contributed by atoms with van der Waals surface area (Å²) in [5.41, 5.74) is 3.51. The molecule has 5 rings (SSSR count). The molecular weight excluding hydrogens is 440 g/mol. The number of hydrogen-bond acceptors (Lipinski definition) is 5. The first-order valence-corrected chi connectivity index (χ1v) is 12.6. The van der Waals surface area contributed by atoms with Gasteiger partial charge in [-0.05, 0) is 36.0 Å². The highest BCUT2D eigenvalue weighted by Crippen LogP contribution is 2.29. The van der Waals surface area contributed by atoms with Crippen molar-refractivity contribution in [3.8, 4) is 0 Å². The molecule has 1 fully saturated rings. The summed E-state index contributed by atoms with van der Waals surface area (Å²) in [5, 5.41) is 4.18. The first kappa shape index (κ1) is 22.3. The summed E-state index contributed by atoms with van der Waals surface area (Å²) in [5.74, 6) is 0.866. The Balaban J connectivity index is 1.30. The van der Waals surface area contributed by atoms with Crippen LogP contribution in [0.2, 0.25) is 0 Å². The summed E-state index contributed by atoms with van der Waals surface area (Å²) in [6.45, 7) is 0.826. The predicted molar refractivity (Wildman–Crippen MR) is 137 cm³/mol. The van der Waals surface area contributed by atoms with Crippen molar-refractivity contribution in [1.29, 1.82) is 0 Å². The van der Waals surface area contributed by atoms with Crippen LogP contribution in [0.1, 0.15) is 41.4 Å². The number of nitrogens with one attached hydrogen (secondary N) is 1. The molecule has 0 aliphatic carbocycles. The van der Waals surface area contributed by atoms with Gasteiger partial charge in [0.1, 0.15) is 11.9 Å². The van der Waals surface area contributed by atoms with Crippen molar-refractivity contribution < 1.29 is 4.79 Å². The van der Waals surface area contributed by atoms with E-state index < -0.39 is 0 Å². The van der Waals surface area contributed by atoms with Gasteiger partial charge in [-0.3, -0.25) is 4.79 Å². The molecule has 1 amide bonds. The van der Waals surface area contributed by atoms with Gasteiger partial charge in [-0.1, -0.05) is 91.0 Å². The molecule has 1 aliphatic rings. The van der Waals surface area contributed by atoms with Crippen LogP contribution >= 0.6 is 11.5 Å². The molecule has 1 aromatic heterocycles. The maximum Gasteiger partial charge on any atom is 0.243 e. The average molecular weight is 469 g/mol. The van der Waals surface area contributed by atoms with Crippen LogP contribution in [0.5, 0.6) is 0 Å². The van der Waals surface area contributed by atoms with Crippen LogP contribution in [0.15, 0.2) is 91.0 Å². The van der Waals surface area contributed by atoms with Gasteiger partial charge in [0.25, 0.3) is 0 Å². The smallest absolute Gasteiger partial charge is 0.243 e. The third-order valence-electron chi connectivity index (χ3n) is 6.26. The molecular formula is C28H28N4OS. The summed E-state index contributed by atoms with van der Waals surface area (Å²) in [6.07, 6.45) is 3.26. The van der Waals surface area contributed by atoms with Crippen molar-refractivity contribution in [3.63, 3.8) is 0 Å². The number of carbonyl (C=O) groups is 1. The Morgan fingerprint density at radius 1 is 0.941 bits per heavy atom. The second-order valence-corrected chi connectivity index (χ2v) is 9.40. The molecule has 0 bridgehead atoms. The van der Waals surface area contributed by atoms with E-state index in [0.717, 1.165) is 42.3 Å². The number of benzene rings is 3. The molecule has 2 heterocycles. The van der Waals surface area contributed by atoms with Gasteiger partial charge in [0.05, 0.1) is 6.04 Å². The fourth-order valence-electron chi connectivity index (χ4n) is 4.54. The molecule has 0 spiro atoms. The van der Waals surface area contributed by atoms with E-state index in [4.69, 9.17) is 4.98 Å². The molecule has 5 nitrogen and oxygen atoms in total. The van der Waals surface area contributed by atoms with Gasteiger partial charge in [-0.25, -0.2) is 4.98 Å². The maximum atomic E-state index is 13.5. The minimum atomic E-state index is -0.223. The van der Waals surface area contributed by atoms with Crippen LogP contribution < -0.4 is 10.2 Å². The van der Waals surface area contributed by atoms with E-state index in [2.05, 4.69) is 51.0 Å². The van der Waals surface area contributed by atoms with E-state index in [-0.39, 0.29) is 18.0 Å². The lowest BCUT2D eigenvalue weighted by molar-refractivity contribution is -0.123. The molecule has 172 valence electrons. The van der Waals surface area contributed by atoms with Gasteiger partial charge >= 0.3 is 0 Å². The Labute approximate surface area is 204 Å². The minimum absolute atomic E-state index is 0.0575. The molecule has 6 heteroatoms. The van der Waals surface area contributed by atoms with Crippen LogP contribution in [0.25, 0.3) is 0 Å². The number of rotatable bonds is 8. The highest BCUT2D eigenvalue weighted by atomic mass is 32.1. The highest BCUT2D eigenvalue weighted by molar-refractivity contribution is 7.09. The van der Waals surface area contributed by atoms with Crippen LogP contribution in [0.4, 0.5) is 5.13 Å². The van der Waals surface area contributed by atoms with Gasteiger partial charge < -0.3 is 10.2 Å². The van der Waals surface area contributed by atoms with Crippen LogP contribution in [-0.4, -0.2) is 27.9 Å². The third kappa shape index (κ3) is 5.34. The summed E-state index contributed by atoms with van der Waals surface area (Å²) in [4.78, 5) is 20.4. The van der Waals surface area contributed by atoms with Crippen molar-refractivity contribution in [3.05, 3.63) is 114 Å². The fraction of sp³-hybridized carbons (Fsp3) is 0.250. The van der Waals surface area contributed by atoms with Gasteiger partial charge in [-0.15, -0.1) is 0 Å². The largest absolute Gasteiger partial charge is 0.347 e. The SMILES string of the molecule is O=C(NC(Cc1ccccc1)c1ccccc1)C1CCCN1c1nc(Cc2ccccc2)ns1. The number of amides is 1. The van der Waals surface area contributed by atoms with Crippen molar-refractivity contribution >= 4 is 22.6 Å². The summed E-state index contributed by atoms with van der Waals surface area (Å²) in [6, 6.07) is 30.5. The van der Waals surface area contributed by atoms with Gasteiger partial charge in [0.15, 0.2) is 0 Å². The van der Waals surface area contributed by atoms with E-state index in [1.807, 2.05) is 54.6 Å². The van der Waals surface area contributed by atoms with E-state index in [1.165, 1.54) is 22.7 Å². The van der Waals surface area contributed by atoms with Crippen LogP contribution in [0, 0.1) is 0 Å². The molecule has 1 aliphatic heterocycles. The second-order valence-electron chi connectivity index (χ2n) is 8.67. The molecule has 0 saturated carbocycles. The van der Waals surface area contributed by atoms with Crippen molar-refractivity contribution in [2.75, 3.05) is 11.4 Å². The van der Waals surface area contributed by atoms with Crippen LogP contribution in [0.3, 0.4) is 0 Å². The molecule has 1 N–H and O–H groups in total. The monoisotopic (exact) mass is 468 g/mol. The van der Waals surface area contributed by atoms with Gasteiger partial charge in [-0.2, -0.15) is 4.37 Å². The number of aromatic nitrogens is 2. The lowest BCUT2D eigenvalue weighted by Crippen LogP contribution is -2.45. The Kier molecular flexibility index (Phi) is 6.96. The number of hydrogen-bond donors (Lipinski definition) is 1. The van der Waals surface area contributed by atoms with E-state index in [9.17, 15) is 4.79 Å². The number of anilines is 1.